The average Bonchev–Trinajstić information content (AvgIpc) is 2.37. The fraction of sp³-hybridized carbons (Fsp3) is 0.417. The minimum atomic E-state index is -3.19. The van der Waals surface area contributed by atoms with Gasteiger partial charge in [0.15, 0.2) is 0 Å². The van der Waals surface area contributed by atoms with Crippen LogP contribution in [0.3, 0.4) is 0 Å². The number of rotatable bonds is 2. The van der Waals surface area contributed by atoms with E-state index in [1.165, 1.54) is 22.7 Å². The van der Waals surface area contributed by atoms with Crippen LogP contribution in [0, 0.1) is 0 Å². The normalized spacial score (nSPS) is 17.4. The molecule has 0 bridgehead atoms. The highest BCUT2D eigenvalue weighted by Crippen LogP contribution is 2.15. The molecule has 0 radical (unpaired) electrons. The first-order valence-electron chi connectivity index (χ1n) is 5.91. The molecule has 0 aromatic heterocycles. The zero-order valence-corrected chi connectivity index (χ0v) is 11.4. The van der Waals surface area contributed by atoms with Crippen molar-refractivity contribution in [3.05, 3.63) is 29.8 Å². The molecule has 1 aromatic carbocycles. The highest BCUT2D eigenvalue weighted by Gasteiger charge is 2.26. The van der Waals surface area contributed by atoms with E-state index >= 15 is 0 Å². The van der Waals surface area contributed by atoms with Crippen LogP contribution < -0.4 is 0 Å². The van der Waals surface area contributed by atoms with Gasteiger partial charge in [-0.1, -0.05) is 6.07 Å². The number of aromatic hydroxyl groups is 1. The summed E-state index contributed by atoms with van der Waals surface area (Å²) >= 11 is 0. The highest BCUT2D eigenvalue weighted by atomic mass is 32.2. The van der Waals surface area contributed by atoms with Crippen LogP contribution in [-0.2, 0) is 10.0 Å². The Morgan fingerprint density at radius 1 is 1.21 bits per heavy atom. The van der Waals surface area contributed by atoms with Gasteiger partial charge in [-0.3, -0.25) is 4.79 Å². The topological polar surface area (TPSA) is 77.9 Å². The Morgan fingerprint density at radius 2 is 1.84 bits per heavy atom. The summed E-state index contributed by atoms with van der Waals surface area (Å²) in [6.07, 6.45) is 1.17. The van der Waals surface area contributed by atoms with E-state index in [0.29, 0.717) is 31.7 Å². The van der Waals surface area contributed by atoms with Crippen LogP contribution in [0.2, 0.25) is 0 Å². The summed E-state index contributed by atoms with van der Waals surface area (Å²) in [5.74, 6) is -0.148. The molecule has 1 aliphatic heterocycles. The van der Waals surface area contributed by atoms with E-state index in [4.69, 9.17) is 0 Å². The van der Waals surface area contributed by atoms with Crippen LogP contribution in [-0.4, -0.2) is 61.1 Å². The Bertz CT molecular complexity index is 577. The molecule has 19 heavy (non-hydrogen) atoms. The molecule has 6 nitrogen and oxygen atoms in total. The maximum atomic E-state index is 12.2. The Morgan fingerprint density at radius 3 is 2.37 bits per heavy atom. The Kier molecular flexibility index (Phi) is 3.77. The molecule has 1 aliphatic rings. The monoisotopic (exact) mass is 284 g/mol. The van der Waals surface area contributed by atoms with Gasteiger partial charge in [0.05, 0.1) is 6.26 Å². The van der Waals surface area contributed by atoms with Crippen LogP contribution in [0.15, 0.2) is 24.3 Å². The third-order valence-corrected chi connectivity index (χ3v) is 4.39. The molecule has 104 valence electrons. The van der Waals surface area contributed by atoms with Crippen molar-refractivity contribution in [1.82, 2.24) is 9.21 Å². The fourth-order valence-corrected chi connectivity index (χ4v) is 2.87. The second kappa shape index (κ2) is 5.18. The molecule has 0 saturated carbocycles. The predicted octanol–water partition coefficient (Wildman–Crippen LogP) is 0.110. The number of phenolic OH excluding ortho intramolecular Hbond substituents is 1. The average molecular weight is 284 g/mol. The number of carbonyl (C=O) groups is 1. The molecular weight excluding hydrogens is 268 g/mol. The van der Waals surface area contributed by atoms with Crippen molar-refractivity contribution in [2.45, 2.75) is 0 Å². The van der Waals surface area contributed by atoms with Crippen LogP contribution in [0.5, 0.6) is 5.75 Å². The number of nitrogens with zero attached hydrogens (tertiary/aromatic N) is 2. The third kappa shape index (κ3) is 3.24. The molecule has 0 aliphatic carbocycles. The van der Waals surface area contributed by atoms with E-state index in [9.17, 15) is 18.3 Å². The second-order valence-electron chi connectivity index (χ2n) is 4.50. The predicted molar refractivity (Wildman–Crippen MR) is 70.4 cm³/mol. The number of carbonyl (C=O) groups excluding carboxylic acids is 1. The van der Waals surface area contributed by atoms with E-state index in [2.05, 4.69) is 0 Å². The van der Waals surface area contributed by atoms with Crippen molar-refractivity contribution >= 4 is 15.9 Å². The smallest absolute Gasteiger partial charge is 0.254 e. The van der Waals surface area contributed by atoms with Gasteiger partial charge in [-0.2, -0.15) is 4.31 Å². The molecule has 7 heteroatoms. The van der Waals surface area contributed by atoms with Gasteiger partial charge in [0.1, 0.15) is 5.75 Å². The molecule has 1 aromatic rings. The lowest BCUT2D eigenvalue weighted by atomic mass is 10.2. The largest absolute Gasteiger partial charge is 0.508 e. The van der Waals surface area contributed by atoms with Crippen LogP contribution >= 0.6 is 0 Å². The zero-order valence-electron chi connectivity index (χ0n) is 10.6. The van der Waals surface area contributed by atoms with Crippen molar-refractivity contribution in [3.8, 4) is 5.75 Å². The number of sulfonamides is 1. The maximum Gasteiger partial charge on any atom is 0.254 e. The summed E-state index contributed by atoms with van der Waals surface area (Å²) in [6, 6.07) is 6.14. The minimum absolute atomic E-state index is 0.0422. The summed E-state index contributed by atoms with van der Waals surface area (Å²) < 4.78 is 24.1. The van der Waals surface area contributed by atoms with Crippen LogP contribution in [0.25, 0.3) is 0 Å². The lowest BCUT2D eigenvalue weighted by Gasteiger charge is -2.33. The van der Waals surface area contributed by atoms with Gasteiger partial charge >= 0.3 is 0 Å². The summed E-state index contributed by atoms with van der Waals surface area (Å²) in [5.41, 5.74) is 0.410. The number of amides is 1. The van der Waals surface area contributed by atoms with Crippen molar-refractivity contribution < 1.29 is 18.3 Å². The summed E-state index contributed by atoms with van der Waals surface area (Å²) in [5, 5.41) is 9.35. The van der Waals surface area contributed by atoms with Crippen LogP contribution in [0.1, 0.15) is 10.4 Å². The van der Waals surface area contributed by atoms with E-state index in [1.54, 1.807) is 17.0 Å². The zero-order chi connectivity index (χ0) is 14.0. The summed E-state index contributed by atoms with van der Waals surface area (Å²) in [4.78, 5) is 13.7. The standard InChI is InChI=1S/C12H16N2O4S/c1-19(17,18)14-7-5-13(6-8-14)12(16)10-3-2-4-11(15)9-10/h2-4,9,15H,5-8H2,1H3. The maximum absolute atomic E-state index is 12.2. The van der Waals surface area contributed by atoms with Crippen molar-refractivity contribution in [2.24, 2.45) is 0 Å². The molecule has 1 fully saturated rings. The van der Waals surface area contributed by atoms with Gasteiger partial charge < -0.3 is 10.0 Å². The first-order valence-corrected chi connectivity index (χ1v) is 7.76. The first-order chi connectivity index (χ1) is 8.88. The lowest BCUT2D eigenvalue weighted by Crippen LogP contribution is -2.50. The molecule has 1 heterocycles. The first kappa shape index (κ1) is 13.8. The fourth-order valence-electron chi connectivity index (χ4n) is 2.04. The minimum Gasteiger partial charge on any atom is -0.508 e. The van der Waals surface area contributed by atoms with Crippen molar-refractivity contribution in [1.29, 1.82) is 0 Å². The Hall–Kier alpha value is -1.60. The number of piperazine rings is 1. The van der Waals surface area contributed by atoms with Gasteiger partial charge in [-0.25, -0.2) is 8.42 Å². The molecule has 0 spiro atoms. The Balaban J connectivity index is 2.04. The lowest BCUT2D eigenvalue weighted by molar-refractivity contribution is 0.0698. The molecule has 1 saturated heterocycles. The number of hydrogen-bond acceptors (Lipinski definition) is 4. The van der Waals surface area contributed by atoms with Gasteiger partial charge in [0, 0.05) is 31.7 Å². The van der Waals surface area contributed by atoms with Crippen LogP contribution in [0.4, 0.5) is 0 Å². The van der Waals surface area contributed by atoms with Crippen molar-refractivity contribution in [2.75, 3.05) is 32.4 Å². The number of benzene rings is 1. The molecule has 2 rings (SSSR count). The molecule has 0 unspecified atom stereocenters. The van der Waals surface area contributed by atoms with E-state index < -0.39 is 10.0 Å². The summed E-state index contributed by atoms with van der Waals surface area (Å²) in [7, 11) is -3.19. The van der Waals surface area contributed by atoms with E-state index in [0.717, 1.165) is 0 Å². The van der Waals surface area contributed by atoms with Gasteiger partial charge in [0.2, 0.25) is 10.0 Å². The Labute approximate surface area is 112 Å². The van der Waals surface area contributed by atoms with Gasteiger partial charge in [-0.05, 0) is 18.2 Å². The van der Waals surface area contributed by atoms with Gasteiger partial charge in [-0.15, -0.1) is 0 Å². The molecular formula is C12H16N2O4S. The number of phenols is 1. The second-order valence-corrected chi connectivity index (χ2v) is 6.49. The summed E-state index contributed by atoms with van der Waals surface area (Å²) in [6.45, 7) is 1.34. The third-order valence-electron chi connectivity index (χ3n) is 3.09. The quantitative estimate of drug-likeness (QED) is 0.836. The SMILES string of the molecule is CS(=O)(=O)N1CCN(C(=O)c2cccc(O)c2)CC1. The van der Waals surface area contributed by atoms with E-state index in [-0.39, 0.29) is 11.7 Å². The van der Waals surface area contributed by atoms with Crippen molar-refractivity contribution in [3.63, 3.8) is 0 Å². The molecule has 1 N–H and O–H groups in total. The highest BCUT2D eigenvalue weighted by molar-refractivity contribution is 7.88. The molecule has 0 atom stereocenters. The molecule has 1 amide bonds. The van der Waals surface area contributed by atoms with E-state index in [1.807, 2.05) is 0 Å². The van der Waals surface area contributed by atoms with Gasteiger partial charge in [0.25, 0.3) is 5.91 Å². The number of hydrogen-bond donors (Lipinski definition) is 1.